The summed E-state index contributed by atoms with van der Waals surface area (Å²) in [6.07, 6.45) is 21.8. The van der Waals surface area contributed by atoms with Gasteiger partial charge in [0.25, 0.3) is 11.8 Å². The number of unbranched alkanes of at least 4 members (excludes halogenated alkanes) is 18. The normalized spacial score (nSPS) is 12.7. The van der Waals surface area contributed by atoms with Crippen LogP contribution in [-0.2, 0) is 19.1 Å². The van der Waals surface area contributed by atoms with Crippen molar-refractivity contribution in [3.63, 3.8) is 0 Å². The molecule has 0 aromatic carbocycles. The second-order valence-corrected chi connectivity index (χ2v) is 11.2. The van der Waals surface area contributed by atoms with Crippen LogP contribution >= 0.6 is 0 Å². The first-order chi connectivity index (χ1) is 20.1. The minimum atomic E-state index is -1.10. The molecule has 0 aliphatic carbocycles. The van der Waals surface area contributed by atoms with E-state index in [4.69, 9.17) is 15.2 Å². The predicted octanol–water partition coefficient (Wildman–Crippen LogP) is 6.56. The Labute approximate surface area is 251 Å². The number of ether oxygens (including phenoxy) is 2. The maximum atomic E-state index is 13.0. The van der Waals surface area contributed by atoms with Gasteiger partial charge in [-0.2, -0.15) is 4.91 Å². The molecule has 0 bridgehead atoms. The van der Waals surface area contributed by atoms with Crippen LogP contribution in [0.3, 0.4) is 0 Å². The van der Waals surface area contributed by atoms with E-state index in [-0.39, 0.29) is 19.6 Å². The van der Waals surface area contributed by atoms with Gasteiger partial charge in [-0.3, -0.25) is 9.59 Å². The second kappa shape index (κ2) is 31.4. The number of carbonyl (C=O) groups is 2. The number of hydrogen-bond acceptors (Lipinski definition) is 7. The lowest BCUT2D eigenvalue weighted by atomic mass is 10.1. The third-order valence-corrected chi connectivity index (χ3v) is 7.33. The maximum Gasteiger partial charge on any atom is 0.252 e. The van der Waals surface area contributed by atoms with E-state index in [0.717, 1.165) is 38.5 Å². The van der Waals surface area contributed by atoms with Crippen LogP contribution in [0.5, 0.6) is 0 Å². The van der Waals surface area contributed by atoms with Gasteiger partial charge in [-0.05, 0) is 12.8 Å². The van der Waals surface area contributed by atoms with Crippen molar-refractivity contribution in [3.05, 3.63) is 4.91 Å². The van der Waals surface area contributed by atoms with Crippen molar-refractivity contribution >= 4 is 11.8 Å². The van der Waals surface area contributed by atoms with Crippen LogP contribution < -0.4 is 16.4 Å². The second-order valence-electron chi connectivity index (χ2n) is 11.2. The fraction of sp³-hybridized carbons (Fsp3) is 0.938. The minimum Gasteiger partial charge on any atom is -0.365 e. The van der Waals surface area contributed by atoms with E-state index in [0.29, 0.717) is 19.8 Å². The monoisotopic (exact) mass is 584 g/mol. The lowest BCUT2D eigenvalue weighted by Gasteiger charge is -2.26. The van der Waals surface area contributed by atoms with Crippen LogP contribution in [-0.4, -0.2) is 63.4 Å². The molecule has 0 saturated carbocycles. The summed E-state index contributed by atoms with van der Waals surface area (Å²) in [6, 6.07) is 0. The quantitative estimate of drug-likeness (QED) is 0.0606. The van der Waals surface area contributed by atoms with Crippen LogP contribution in [0.1, 0.15) is 142 Å². The summed E-state index contributed by atoms with van der Waals surface area (Å²) in [5, 5.41) is 8.21. The zero-order chi connectivity index (χ0) is 30.2. The van der Waals surface area contributed by atoms with Crippen LogP contribution in [0.4, 0.5) is 0 Å². The molecule has 9 nitrogen and oxygen atoms in total. The largest absolute Gasteiger partial charge is 0.365 e. The SMILES string of the molecule is CCCCCCCCCCCCO[C@@H](C(=O)NCCN)[C@@H](OCCCCCCCCCCCC)C(=O)NCCN=O. The molecule has 0 aliphatic heterocycles. The zero-order valence-electron chi connectivity index (χ0n) is 26.6. The van der Waals surface area contributed by atoms with Crippen molar-refractivity contribution in [2.75, 3.05) is 39.4 Å². The van der Waals surface area contributed by atoms with Crippen molar-refractivity contribution in [2.45, 2.75) is 154 Å². The molecule has 0 radical (unpaired) electrons. The molecule has 242 valence electrons. The molecule has 0 rings (SSSR count). The molecule has 2 amide bonds. The molecule has 0 heterocycles. The van der Waals surface area contributed by atoms with Gasteiger partial charge in [-0.25, -0.2) is 0 Å². The summed E-state index contributed by atoms with van der Waals surface area (Å²) >= 11 is 0. The standard InChI is InChI=1S/C32H64N4O5/c1-3-5-7-9-11-13-15-17-19-21-27-40-29(31(37)34-24-23-33)30(32(38)35-25-26-36-39)41-28-22-20-18-16-14-12-10-8-6-4-2/h29-30H,3-28,33H2,1-2H3,(H,34,37)(H,35,38)/t29-,30-/m1/s1. The lowest BCUT2D eigenvalue weighted by molar-refractivity contribution is -0.157. The van der Waals surface area contributed by atoms with Crippen LogP contribution in [0.25, 0.3) is 0 Å². The molecule has 0 aromatic rings. The molecule has 0 aliphatic rings. The highest BCUT2D eigenvalue weighted by Gasteiger charge is 2.35. The molecular formula is C32H64N4O5. The van der Waals surface area contributed by atoms with Gasteiger partial charge in [0.2, 0.25) is 0 Å². The highest BCUT2D eigenvalue weighted by Crippen LogP contribution is 2.14. The number of nitroso groups, excluding NO2 is 1. The first-order valence-electron chi connectivity index (χ1n) is 16.9. The number of nitrogens with two attached hydrogens (primary N) is 1. The molecule has 0 unspecified atom stereocenters. The number of nitrogens with one attached hydrogen (secondary N) is 2. The third kappa shape index (κ3) is 24.7. The molecule has 0 aromatic heterocycles. The van der Waals surface area contributed by atoms with Crippen molar-refractivity contribution < 1.29 is 19.1 Å². The Morgan fingerprint density at radius 2 is 0.927 bits per heavy atom. The van der Waals surface area contributed by atoms with Gasteiger partial charge >= 0.3 is 0 Å². The van der Waals surface area contributed by atoms with Crippen molar-refractivity contribution in [3.8, 4) is 0 Å². The van der Waals surface area contributed by atoms with E-state index in [9.17, 15) is 14.5 Å². The summed E-state index contributed by atoms with van der Waals surface area (Å²) in [6.45, 7) is 5.84. The highest BCUT2D eigenvalue weighted by atomic mass is 16.5. The Hall–Kier alpha value is -1.58. The van der Waals surface area contributed by atoms with Gasteiger partial charge in [0.05, 0.1) is 6.54 Å². The molecular weight excluding hydrogens is 520 g/mol. The highest BCUT2D eigenvalue weighted by molar-refractivity contribution is 5.91. The summed E-state index contributed by atoms with van der Waals surface area (Å²) in [5.41, 5.74) is 5.58. The van der Waals surface area contributed by atoms with Crippen molar-refractivity contribution in [1.82, 2.24) is 10.6 Å². The minimum absolute atomic E-state index is 0.0413. The van der Waals surface area contributed by atoms with E-state index in [2.05, 4.69) is 29.7 Å². The zero-order valence-corrected chi connectivity index (χ0v) is 26.6. The van der Waals surface area contributed by atoms with E-state index in [1.807, 2.05) is 0 Å². The summed E-state index contributed by atoms with van der Waals surface area (Å²) in [5.74, 6) is -0.865. The average molecular weight is 585 g/mol. The Morgan fingerprint density at radius 1 is 0.585 bits per heavy atom. The first kappa shape index (κ1) is 39.4. The smallest absolute Gasteiger partial charge is 0.252 e. The molecule has 9 heteroatoms. The van der Waals surface area contributed by atoms with Gasteiger partial charge in [-0.1, -0.05) is 135 Å². The van der Waals surface area contributed by atoms with Gasteiger partial charge in [-0.15, -0.1) is 0 Å². The van der Waals surface area contributed by atoms with E-state index < -0.39 is 24.0 Å². The molecule has 0 spiro atoms. The van der Waals surface area contributed by atoms with Gasteiger partial charge in [0.15, 0.2) is 12.2 Å². The van der Waals surface area contributed by atoms with Crippen LogP contribution in [0.2, 0.25) is 0 Å². The molecule has 2 atom stereocenters. The summed E-state index contributed by atoms with van der Waals surface area (Å²) in [4.78, 5) is 36.5. The van der Waals surface area contributed by atoms with E-state index in [1.165, 1.54) is 89.9 Å². The molecule has 4 N–H and O–H groups in total. The number of rotatable bonds is 32. The van der Waals surface area contributed by atoms with Crippen LogP contribution in [0.15, 0.2) is 5.18 Å². The maximum absolute atomic E-state index is 13.0. The van der Waals surface area contributed by atoms with Crippen molar-refractivity contribution in [1.29, 1.82) is 0 Å². The fourth-order valence-electron chi connectivity index (χ4n) is 4.82. The van der Waals surface area contributed by atoms with Crippen LogP contribution in [0, 0.1) is 4.91 Å². The summed E-state index contributed by atoms with van der Waals surface area (Å²) in [7, 11) is 0. The number of carbonyl (C=O) groups excluding carboxylic acids is 2. The molecule has 0 fully saturated rings. The van der Waals surface area contributed by atoms with E-state index in [1.54, 1.807) is 0 Å². The van der Waals surface area contributed by atoms with Gasteiger partial charge < -0.3 is 25.8 Å². The Morgan fingerprint density at radius 3 is 1.27 bits per heavy atom. The third-order valence-electron chi connectivity index (χ3n) is 7.33. The Balaban J connectivity index is 4.70. The lowest BCUT2D eigenvalue weighted by Crippen LogP contribution is -2.53. The number of amides is 2. The molecule has 41 heavy (non-hydrogen) atoms. The van der Waals surface area contributed by atoms with E-state index >= 15 is 0 Å². The number of hydrogen-bond donors (Lipinski definition) is 3. The summed E-state index contributed by atoms with van der Waals surface area (Å²) < 4.78 is 12.0. The van der Waals surface area contributed by atoms with Gasteiger partial charge in [0, 0.05) is 32.8 Å². The Bertz CT molecular complexity index is 609. The van der Waals surface area contributed by atoms with Crippen molar-refractivity contribution in [2.24, 2.45) is 10.9 Å². The Kier molecular flexibility index (Phi) is 30.1. The first-order valence-corrected chi connectivity index (χ1v) is 16.9. The number of nitrogens with zero attached hydrogens (tertiary/aromatic N) is 1. The fourth-order valence-corrected chi connectivity index (χ4v) is 4.82. The topological polar surface area (TPSA) is 132 Å². The average Bonchev–Trinajstić information content (AvgIpc) is 2.97. The predicted molar refractivity (Wildman–Crippen MR) is 169 cm³/mol. The molecule has 0 saturated heterocycles. The van der Waals surface area contributed by atoms with Gasteiger partial charge in [0.1, 0.15) is 0 Å².